The highest BCUT2D eigenvalue weighted by molar-refractivity contribution is 6.02. The fourth-order valence-corrected chi connectivity index (χ4v) is 1.86. The molecule has 3 rings (SSSR count). The largest absolute Gasteiger partial charge is 0.323 e. The van der Waals surface area contributed by atoms with Gasteiger partial charge < -0.3 is 10.6 Å². The molecule has 0 aliphatic heterocycles. The molecule has 3 aromatic rings. The zero-order valence-corrected chi connectivity index (χ0v) is 10.1. The monoisotopic (exact) mass is 252 g/mol. The fraction of sp³-hybridized carbons (Fsp3) is 0. The van der Waals surface area contributed by atoms with Crippen molar-refractivity contribution in [2.24, 2.45) is 0 Å². The van der Waals surface area contributed by atoms with Gasteiger partial charge in [0, 0.05) is 11.9 Å². The summed E-state index contributed by atoms with van der Waals surface area (Å²) in [7, 11) is 0. The summed E-state index contributed by atoms with van der Waals surface area (Å²) in [6.45, 7) is 0. The third-order valence-electron chi connectivity index (χ3n) is 2.72. The lowest BCUT2D eigenvalue weighted by atomic mass is 10.3. The quantitative estimate of drug-likeness (QED) is 0.736. The molecule has 2 N–H and O–H groups in total. The molecule has 0 atom stereocenters. The lowest BCUT2D eigenvalue weighted by Crippen LogP contribution is -2.19. The number of para-hydroxylation sites is 1. The topological polar surface area (TPSA) is 58.4 Å². The number of aromatic nitrogens is 2. The van der Waals surface area contributed by atoms with Crippen LogP contribution in [0.25, 0.3) is 5.52 Å². The highest BCUT2D eigenvalue weighted by atomic mass is 16.2. The smallest absolute Gasteiger partial charge is 0.308 e. The lowest BCUT2D eigenvalue weighted by molar-refractivity contribution is 0.262. The second-order valence-electron chi connectivity index (χ2n) is 4.03. The van der Waals surface area contributed by atoms with Crippen LogP contribution in [-0.2, 0) is 0 Å². The summed E-state index contributed by atoms with van der Waals surface area (Å²) in [5, 5.41) is 9.69. The van der Waals surface area contributed by atoms with Gasteiger partial charge in [-0.3, -0.25) is 0 Å². The normalized spacial score (nSPS) is 10.3. The number of nitrogens with one attached hydrogen (secondary N) is 2. The van der Waals surface area contributed by atoms with Gasteiger partial charge in [-0.15, -0.1) is 0 Å². The molecule has 0 fully saturated rings. The van der Waals surface area contributed by atoms with Crippen molar-refractivity contribution in [2.45, 2.75) is 0 Å². The van der Waals surface area contributed by atoms with Gasteiger partial charge in [-0.1, -0.05) is 18.2 Å². The third kappa shape index (κ3) is 2.40. The maximum atomic E-state index is 11.9. The number of hydrogen-bond donors (Lipinski definition) is 2. The zero-order valence-electron chi connectivity index (χ0n) is 10.1. The van der Waals surface area contributed by atoms with Gasteiger partial charge in [-0.25, -0.2) is 9.31 Å². The zero-order chi connectivity index (χ0) is 13.1. The number of benzene rings is 1. The van der Waals surface area contributed by atoms with Gasteiger partial charge in [0.25, 0.3) is 0 Å². The first-order valence-corrected chi connectivity index (χ1v) is 5.88. The number of anilines is 2. The molecule has 2 aromatic heterocycles. The van der Waals surface area contributed by atoms with E-state index in [4.69, 9.17) is 0 Å². The first-order chi connectivity index (χ1) is 9.33. The van der Waals surface area contributed by atoms with Gasteiger partial charge >= 0.3 is 6.03 Å². The van der Waals surface area contributed by atoms with Gasteiger partial charge in [0.15, 0.2) is 0 Å². The number of pyridine rings is 1. The van der Waals surface area contributed by atoms with E-state index < -0.39 is 0 Å². The Morgan fingerprint density at radius 2 is 1.84 bits per heavy atom. The van der Waals surface area contributed by atoms with Crippen molar-refractivity contribution in [3.05, 3.63) is 60.9 Å². The Kier molecular flexibility index (Phi) is 2.86. The number of fused-ring (bicyclic) bond motifs is 1. The van der Waals surface area contributed by atoms with Crippen molar-refractivity contribution in [2.75, 3.05) is 10.6 Å². The van der Waals surface area contributed by atoms with E-state index >= 15 is 0 Å². The Morgan fingerprint density at radius 1 is 1.00 bits per heavy atom. The van der Waals surface area contributed by atoms with Crippen LogP contribution in [0.5, 0.6) is 0 Å². The molecule has 19 heavy (non-hydrogen) atoms. The third-order valence-corrected chi connectivity index (χ3v) is 2.72. The van der Waals surface area contributed by atoms with Crippen molar-refractivity contribution >= 4 is 22.9 Å². The molecule has 0 radical (unpaired) electrons. The Balaban J connectivity index is 1.78. The molecule has 0 aliphatic carbocycles. The van der Waals surface area contributed by atoms with E-state index in [1.54, 1.807) is 10.7 Å². The second kappa shape index (κ2) is 4.81. The number of carbonyl (C=O) groups is 1. The van der Waals surface area contributed by atoms with E-state index in [0.717, 1.165) is 11.2 Å². The number of hydrogen-bond acceptors (Lipinski definition) is 2. The van der Waals surface area contributed by atoms with Crippen LogP contribution in [0.15, 0.2) is 60.9 Å². The van der Waals surface area contributed by atoms with Gasteiger partial charge in [0.2, 0.25) is 0 Å². The van der Waals surface area contributed by atoms with Crippen LogP contribution >= 0.6 is 0 Å². The first kappa shape index (κ1) is 11.3. The van der Waals surface area contributed by atoms with Gasteiger partial charge in [0.05, 0.1) is 17.4 Å². The summed E-state index contributed by atoms with van der Waals surface area (Å²) in [4.78, 5) is 11.9. The minimum absolute atomic E-state index is 0.277. The summed E-state index contributed by atoms with van der Waals surface area (Å²) >= 11 is 0. The maximum Gasteiger partial charge on any atom is 0.323 e. The van der Waals surface area contributed by atoms with Crippen molar-refractivity contribution in [3.8, 4) is 0 Å². The average Bonchev–Trinajstić information content (AvgIpc) is 2.89. The summed E-state index contributed by atoms with van der Waals surface area (Å²) in [5.74, 6) is 0. The highest BCUT2D eigenvalue weighted by Crippen LogP contribution is 2.16. The van der Waals surface area contributed by atoms with E-state index in [-0.39, 0.29) is 6.03 Å². The summed E-state index contributed by atoms with van der Waals surface area (Å²) in [6.07, 6.45) is 3.52. The predicted molar refractivity (Wildman–Crippen MR) is 74.3 cm³/mol. The molecular weight excluding hydrogens is 240 g/mol. The SMILES string of the molecule is O=C(Nc1ccccc1)Nc1cccn2nccc12. The Bertz CT molecular complexity index is 706. The maximum absolute atomic E-state index is 11.9. The molecule has 5 heteroatoms. The van der Waals surface area contributed by atoms with Crippen LogP contribution in [0.1, 0.15) is 0 Å². The molecule has 0 saturated heterocycles. The summed E-state index contributed by atoms with van der Waals surface area (Å²) < 4.78 is 1.71. The molecule has 2 amide bonds. The van der Waals surface area contributed by atoms with E-state index in [0.29, 0.717) is 5.69 Å². The highest BCUT2D eigenvalue weighted by Gasteiger charge is 2.06. The van der Waals surface area contributed by atoms with E-state index in [2.05, 4.69) is 15.7 Å². The van der Waals surface area contributed by atoms with E-state index in [1.165, 1.54) is 0 Å². The van der Waals surface area contributed by atoms with Crippen LogP contribution in [0.3, 0.4) is 0 Å². The molecule has 0 bridgehead atoms. The minimum Gasteiger partial charge on any atom is -0.308 e. The summed E-state index contributed by atoms with van der Waals surface area (Å²) in [5.41, 5.74) is 2.32. The van der Waals surface area contributed by atoms with Crippen molar-refractivity contribution in [1.82, 2.24) is 9.61 Å². The average molecular weight is 252 g/mol. The number of rotatable bonds is 2. The lowest BCUT2D eigenvalue weighted by Gasteiger charge is -2.08. The molecule has 0 aliphatic rings. The van der Waals surface area contributed by atoms with Gasteiger partial charge in [-0.2, -0.15) is 5.10 Å². The standard InChI is InChI=1S/C14H12N4O/c19-14(16-11-5-2-1-3-6-11)17-12-7-4-10-18-13(12)8-9-15-18/h1-10H,(H2,16,17,19). The molecule has 0 spiro atoms. The Morgan fingerprint density at radius 3 is 2.68 bits per heavy atom. The fourth-order valence-electron chi connectivity index (χ4n) is 1.86. The van der Waals surface area contributed by atoms with E-state index in [9.17, 15) is 4.79 Å². The number of amides is 2. The Hall–Kier alpha value is -2.82. The first-order valence-electron chi connectivity index (χ1n) is 5.88. The molecule has 1 aromatic carbocycles. The Labute approximate surface area is 109 Å². The number of carbonyl (C=O) groups excluding carboxylic acids is 1. The van der Waals surface area contributed by atoms with Crippen LogP contribution in [0.2, 0.25) is 0 Å². The van der Waals surface area contributed by atoms with Crippen LogP contribution in [0.4, 0.5) is 16.2 Å². The molecule has 2 heterocycles. The molecule has 0 unspecified atom stereocenters. The molecule has 0 saturated carbocycles. The van der Waals surface area contributed by atoms with Crippen molar-refractivity contribution < 1.29 is 4.79 Å². The van der Waals surface area contributed by atoms with Gasteiger partial charge in [-0.05, 0) is 30.3 Å². The molecular formula is C14H12N4O. The van der Waals surface area contributed by atoms with Crippen molar-refractivity contribution in [3.63, 3.8) is 0 Å². The van der Waals surface area contributed by atoms with Crippen molar-refractivity contribution in [1.29, 1.82) is 0 Å². The summed E-state index contributed by atoms with van der Waals surface area (Å²) in [6, 6.07) is 14.5. The van der Waals surface area contributed by atoms with Crippen LogP contribution in [0, 0.1) is 0 Å². The molecule has 94 valence electrons. The van der Waals surface area contributed by atoms with E-state index in [1.807, 2.05) is 54.7 Å². The second-order valence-corrected chi connectivity index (χ2v) is 4.03. The van der Waals surface area contributed by atoms with Gasteiger partial charge in [0.1, 0.15) is 0 Å². The predicted octanol–water partition coefficient (Wildman–Crippen LogP) is 2.98. The van der Waals surface area contributed by atoms with Crippen LogP contribution < -0.4 is 10.6 Å². The molecule has 5 nitrogen and oxygen atoms in total. The van der Waals surface area contributed by atoms with Crippen LogP contribution in [-0.4, -0.2) is 15.6 Å². The number of nitrogens with zero attached hydrogens (tertiary/aromatic N) is 2. The number of urea groups is 1. The minimum atomic E-state index is -0.277.